The van der Waals surface area contributed by atoms with Gasteiger partial charge in [-0.2, -0.15) is 63.1 Å². The van der Waals surface area contributed by atoms with E-state index in [1.54, 1.807) is 0 Å². The molecule has 0 spiro atoms. The van der Waals surface area contributed by atoms with Crippen molar-refractivity contribution in [1.82, 2.24) is 0 Å². The van der Waals surface area contributed by atoms with Crippen LogP contribution in [0.15, 0.2) is 0 Å². The lowest BCUT2D eigenvalue weighted by atomic mass is 9.98. The summed E-state index contributed by atoms with van der Waals surface area (Å²) < 4.78 is -0.000000000000000222. The van der Waals surface area contributed by atoms with Crippen molar-refractivity contribution in [3.63, 3.8) is 0 Å². The highest BCUT2D eigenvalue weighted by molar-refractivity contribution is 7.99. The molecule has 0 atom stereocenters. The van der Waals surface area contributed by atoms with Crippen molar-refractivity contribution < 1.29 is 0 Å². The van der Waals surface area contributed by atoms with Gasteiger partial charge in [-0.25, -0.2) is 0 Å². The minimum absolute atomic E-state index is 0.000000000000000222. The lowest BCUT2D eigenvalue weighted by molar-refractivity contribution is 0.501. The van der Waals surface area contributed by atoms with Crippen LogP contribution in [0, 0.1) is 5.41 Å². The van der Waals surface area contributed by atoms with Crippen molar-refractivity contribution in [1.29, 1.82) is 0 Å². The van der Waals surface area contributed by atoms with Crippen LogP contribution in [0.5, 0.6) is 0 Å². The summed E-state index contributed by atoms with van der Waals surface area (Å²) in [6.45, 7) is 0. The topological polar surface area (TPSA) is 0 Å². The SMILES string of the molecule is SCC(CS)(CS)C(S)S. The molecule has 0 heterocycles. The molecule has 0 nitrogen and oxygen atoms in total. The average Bonchev–Trinajstić information content (AvgIpc) is 1.92. The second-order valence-electron chi connectivity index (χ2n) is 2.21. The summed E-state index contributed by atoms with van der Waals surface area (Å²) in [5.74, 6) is 2.16. The molecule has 0 rings (SSSR count). The molecule has 0 amide bonds. The molecule has 10 heavy (non-hydrogen) atoms. The Hall–Kier alpha value is 1.75. The Morgan fingerprint density at radius 2 is 1.20 bits per heavy atom. The Labute approximate surface area is 90.0 Å². The largest absolute Gasteiger partial charge is 0.179 e. The molecule has 0 aliphatic heterocycles. The summed E-state index contributed by atoms with van der Waals surface area (Å²) in [5.41, 5.74) is -0.0540. The van der Waals surface area contributed by atoms with Crippen LogP contribution in [0.25, 0.3) is 0 Å². The molecule has 0 aromatic heterocycles. The minimum atomic E-state index is -0.0540. The molecular weight excluding hydrogens is 220 g/mol. The van der Waals surface area contributed by atoms with Gasteiger partial charge in [-0.15, -0.1) is 0 Å². The first-order valence-electron chi connectivity index (χ1n) is 2.81. The van der Waals surface area contributed by atoms with Crippen LogP contribution in [-0.2, 0) is 0 Å². The Balaban J connectivity index is 4.15. The molecule has 0 aromatic rings. The van der Waals surface area contributed by atoms with Crippen LogP contribution in [0.2, 0.25) is 0 Å². The Morgan fingerprint density at radius 3 is 1.20 bits per heavy atom. The normalized spacial score (nSPS) is 12.6. The van der Waals surface area contributed by atoms with Gasteiger partial charge in [0.05, 0.1) is 4.58 Å². The van der Waals surface area contributed by atoms with Crippen LogP contribution >= 0.6 is 63.1 Å². The van der Waals surface area contributed by atoms with E-state index in [9.17, 15) is 0 Å². The number of rotatable bonds is 4. The predicted molar refractivity (Wildman–Crippen MR) is 65.8 cm³/mol. The Morgan fingerprint density at radius 1 is 0.900 bits per heavy atom. The van der Waals surface area contributed by atoms with Crippen LogP contribution in [0.4, 0.5) is 0 Å². The van der Waals surface area contributed by atoms with Crippen molar-refractivity contribution in [3.05, 3.63) is 0 Å². The molecule has 62 valence electrons. The molecule has 0 aliphatic rings. The zero-order chi connectivity index (χ0) is 8.20. The minimum Gasteiger partial charge on any atom is -0.179 e. The number of hydrogen-bond acceptors (Lipinski definition) is 5. The summed E-state index contributed by atoms with van der Waals surface area (Å²) in [7, 11) is 0. The lowest BCUT2D eigenvalue weighted by Crippen LogP contribution is -2.34. The van der Waals surface area contributed by atoms with Crippen molar-refractivity contribution in [2.75, 3.05) is 17.3 Å². The smallest absolute Gasteiger partial charge is 0.0521 e. The molecule has 5 heteroatoms. The quantitative estimate of drug-likeness (QED) is 0.355. The van der Waals surface area contributed by atoms with Crippen LogP contribution in [0.1, 0.15) is 0 Å². The monoisotopic (exact) mass is 232 g/mol. The lowest BCUT2D eigenvalue weighted by Gasteiger charge is -2.31. The van der Waals surface area contributed by atoms with Crippen molar-refractivity contribution in [3.8, 4) is 0 Å². The molecule has 0 aromatic carbocycles. The van der Waals surface area contributed by atoms with E-state index in [2.05, 4.69) is 63.1 Å². The molecule has 0 unspecified atom stereocenters. The predicted octanol–water partition coefficient (Wildman–Crippen LogP) is 1.95. The van der Waals surface area contributed by atoms with Gasteiger partial charge in [0.2, 0.25) is 0 Å². The first-order chi connectivity index (χ1) is 4.63. The van der Waals surface area contributed by atoms with Crippen LogP contribution in [0.3, 0.4) is 0 Å². The zero-order valence-electron chi connectivity index (χ0n) is 5.43. The second-order valence-corrected chi connectivity index (χ2v) is 4.60. The van der Waals surface area contributed by atoms with E-state index >= 15 is 0 Å². The van der Waals surface area contributed by atoms with Gasteiger partial charge in [0.1, 0.15) is 0 Å². The van der Waals surface area contributed by atoms with Crippen LogP contribution < -0.4 is 0 Å². The van der Waals surface area contributed by atoms with E-state index < -0.39 is 0 Å². The highest BCUT2D eigenvalue weighted by Crippen LogP contribution is 2.32. The third kappa shape index (κ3) is 2.66. The van der Waals surface area contributed by atoms with Crippen molar-refractivity contribution in [2.24, 2.45) is 5.41 Å². The second kappa shape index (κ2) is 5.41. The van der Waals surface area contributed by atoms with E-state index in [0.29, 0.717) is 0 Å². The highest BCUT2D eigenvalue weighted by atomic mass is 32.2. The van der Waals surface area contributed by atoms with Gasteiger partial charge in [-0.3, -0.25) is 0 Å². The van der Waals surface area contributed by atoms with E-state index in [0.717, 1.165) is 17.3 Å². The first kappa shape index (κ1) is 11.8. The van der Waals surface area contributed by atoms with Gasteiger partial charge in [0.25, 0.3) is 0 Å². The maximum atomic E-state index is 4.24. The molecule has 0 saturated heterocycles. The molecule has 0 aliphatic carbocycles. The van der Waals surface area contributed by atoms with E-state index in [1.807, 2.05) is 0 Å². The molecule has 0 N–H and O–H groups in total. The summed E-state index contributed by atoms with van der Waals surface area (Å²) in [5, 5.41) is 0. The maximum absolute atomic E-state index is 4.24. The number of hydrogen-bond donors (Lipinski definition) is 5. The Bertz CT molecular complexity index is 79.8. The summed E-state index contributed by atoms with van der Waals surface area (Å²) in [6, 6.07) is 0. The summed E-state index contributed by atoms with van der Waals surface area (Å²) in [6.07, 6.45) is 0. The fraction of sp³-hybridized carbons (Fsp3) is 1.00. The fourth-order valence-corrected chi connectivity index (χ4v) is 3.55. The van der Waals surface area contributed by atoms with Crippen molar-refractivity contribution in [2.45, 2.75) is 4.58 Å². The molecule has 0 bridgehead atoms. The molecular formula is C5H12S5. The molecule has 0 fully saturated rings. The maximum Gasteiger partial charge on any atom is 0.0521 e. The highest BCUT2D eigenvalue weighted by Gasteiger charge is 2.30. The zero-order valence-corrected chi connectivity index (χ0v) is 9.91. The third-order valence-electron chi connectivity index (χ3n) is 1.49. The summed E-state index contributed by atoms with van der Waals surface area (Å²) in [4.78, 5) is 0. The van der Waals surface area contributed by atoms with Gasteiger partial charge in [0.15, 0.2) is 0 Å². The van der Waals surface area contributed by atoms with Crippen molar-refractivity contribution >= 4 is 63.1 Å². The van der Waals surface area contributed by atoms with E-state index in [-0.39, 0.29) is 10.00 Å². The average molecular weight is 232 g/mol. The van der Waals surface area contributed by atoms with Gasteiger partial charge in [-0.05, 0) is 17.3 Å². The van der Waals surface area contributed by atoms with Gasteiger partial charge < -0.3 is 0 Å². The van der Waals surface area contributed by atoms with Gasteiger partial charge in [0, 0.05) is 5.41 Å². The van der Waals surface area contributed by atoms with Gasteiger partial charge in [-0.1, -0.05) is 0 Å². The standard InChI is InChI=1S/C5H12S5/c6-1-5(2-7,3-8)4(9)10/h4,6-10H,1-3H2. The van der Waals surface area contributed by atoms with Crippen LogP contribution in [-0.4, -0.2) is 21.8 Å². The number of thiol groups is 5. The molecule has 0 saturated carbocycles. The third-order valence-corrected chi connectivity index (χ3v) is 4.48. The van der Waals surface area contributed by atoms with Gasteiger partial charge >= 0.3 is 0 Å². The first-order valence-corrected chi connectivity index (χ1v) is 5.74. The Kier molecular flexibility index (Phi) is 6.35. The summed E-state index contributed by atoms with van der Waals surface area (Å²) >= 11 is 21.1. The van der Waals surface area contributed by atoms with E-state index in [1.165, 1.54) is 0 Å². The van der Waals surface area contributed by atoms with E-state index in [4.69, 9.17) is 0 Å². The fourth-order valence-electron chi connectivity index (χ4n) is 0.395. The molecule has 0 radical (unpaired) electrons.